The number of aromatic nitrogens is 6. The molecule has 0 saturated heterocycles. The number of carbonyl (C=O) groups excluding carboxylic acids is 1. The molecule has 6 rings (SSSR count). The van der Waals surface area contributed by atoms with Crippen molar-refractivity contribution < 1.29 is 18.0 Å². The maximum absolute atomic E-state index is 13.8. The van der Waals surface area contributed by atoms with Crippen LogP contribution in [0.1, 0.15) is 22.5 Å². The van der Waals surface area contributed by atoms with Crippen molar-refractivity contribution in [3.63, 3.8) is 0 Å². The van der Waals surface area contributed by atoms with E-state index in [0.29, 0.717) is 34.8 Å². The average Bonchev–Trinajstić information content (AvgIpc) is 3.38. The number of hydrogen-bond acceptors (Lipinski definition) is 5. The molecule has 1 amide bonds. The molecule has 0 spiro atoms. The van der Waals surface area contributed by atoms with Crippen LogP contribution in [0.3, 0.4) is 0 Å². The summed E-state index contributed by atoms with van der Waals surface area (Å²) in [6.07, 6.45) is 10.2. The van der Waals surface area contributed by atoms with E-state index in [1.165, 1.54) is 22.9 Å². The van der Waals surface area contributed by atoms with Gasteiger partial charge >= 0.3 is 0 Å². The SMILES string of the molecule is O=C(Nc1cn2nc(-c3c(C4=CCC=C(F)C=C4)nc4ccccn34)ccc2n1)c1cc(F)nc(F)c1. The van der Waals surface area contributed by atoms with Crippen LogP contribution in [0.15, 0.2) is 85.0 Å². The van der Waals surface area contributed by atoms with Gasteiger partial charge in [-0.05, 0) is 48.4 Å². The summed E-state index contributed by atoms with van der Waals surface area (Å²) in [6.45, 7) is 0. The highest BCUT2D eigenvalue weighted by Crippen LogP contribution is 2.31. The number of fused-ring (bicyclic) bond motifs is 2. The number of allylic oxidation sites excluding steroid dienone is 6. The zero-order valence-corrected chi connectivity index (χ0v) is 18.9. The first-order valence-electron chi connectivity index (χ1n) is 11.2. The predicted molar refractivity (Wildman–Crippen MR) is 130 cm³/mol. The molecule has 0 saturated carbocycles. The molecular weight excluding hydrogens is 483 g/mol. The van der Waals surface area contributed by atoms with Gasteiger partial charge in [0.1, 0.15) is 22.9 Å². The molecule has 1 N–H and O–H groups in total. The summed E-state index contributed by atoms with van der Waals surface area (Å²) < 4.78 is 44.0. The molecule has 0 fully saturated rings. The molecule has 0 unspecified atom stereocenters. The second kappa shape index (κ2) is 8.86. The summed E-state index contributed by atoms with van der Waals surface area (Å²) >= 11 is 0. The van der Waals surface area contributed by atoms with Gasteiger partial charge in [-0.25, -0.2) is 18.9 Å². The smallest absolute Gasteiger partial charge is 0.257 e. The quantitative estimate of drug-likeness (QED) is 0.345. The Balaban J connectivity index is 1.39. The Bertz CT molecular complexity index is 1780. The molecular formula is C26H16F3N7O. The van der Waals surface area contributed by atoms with Crippen molar-refractivity contribution in [2.75, 3.05) is 5.32 Å². The summed E-state index contributed by atoms with van der Waals surface area (Å²) in [5.74, 6) is -3.14. The summed E-state index contributed by atoms with van der Waals surface area (Å²) in [4.78, 5) is 24.5. The minimum absolute atomic E-state index is 0.140. The van der Waals surface area contributed by atoms with Crippen molar-refractivity contribution in [3.05, 3.63) is 108 Å². The second-order valence-corrected chi connectivity index (χ2v) is 8.16. The minimum atomic E-state index is -1.10. The van der Waals surface area contributed by atoms with Crippen molar-refractivity contribution in [1.82, 2.24) is 29.0 Å². The summed E-state index contributed by atoms with van der Waals surface area (Å²) in [5, 5.41) is 7.18. The molecule has 8 nitrogen and oxygen atoms in total. The molecule has 1 aliphatic carbocycles. The Morgan fingerprint density at radius 2 is 1.76 bits per heavy atom. The van der Waals surface area contributed by atoms with E-state index < -0.39 is 17.8 Å². The highest BCUT2D eigenvalue weighted by Gasteiger charge is 2.19. The highest BCUT2D eigenvalue weighted by molar-refractivity contribution is 6.03. The van der Waals surface area contributed by atoms with Gasteiger partial charge in [0.05, 0.1) is 11.9 Å². The summed E-state index contributed by atoms with van der Waals surface area (Å²) in [6, 6.07) is 10.7. The largest absolute Gasteiger partial charge is 0.305 e. The van der Waals surface area contributed by atoms with Gasteiger partial charge in [-0.3, -0.25) is 9.20 Å². The Hall–Kier alpha value is -5.06. The molecule has 5 aromatic rings. The van der Waals surface area contributed by atoms with Gasteiger partial charge in [-0.1, -0.05) is 18.2 Å². The van der Waals surface area contributed by atoms with Gasteiger partial charge in [0.25, 0.3) is 5.91 Å². The van der Waals surface area contributed by atoms with Crippen molar-refractivity contribution in [2.45, 2.75) is 6.42 Å². The molecule has 11 heteroatoms. The summed E-state index contributed by atoms with van der Waals surface area (Å²) in [5.41, 5.74) is 3.52. The fourth-order valence-electron chi connectivity index (χ4n) is 4.07. The normalized spacial score (nSPS) is 13.5. The van der Waals surface area contributed by atoms with E-state index in [4.69, 9.17) is 4.98 Å². The molecule has 1 aliphatic rings. The lowest BCUT2D eigenvalue weighted by molar-refractivity contribution is 0.102. The van der Waals surface area contributed by atoms with Crippen molar-refractivity contribution in [1.29, 1.82) is 0 Å². The molecule has 0 bridgehead atoms. The van der Waals surface area contributed by atoms with Crippen LogP contribution >= 0.6 is 0 Å². The predicted octanol–water partition coefficient (Wildman–Crippen LogP) is 5.17. The Kier molecular flexibility index (Phi) is 5.37. The number of nitrogens with zero attached hydrogens (tertiary/aromatic N) is 6. The molecule has 0 radical (unpaired) electrons. The van der Waals surface area contributed by atoms with Gasteiger partial charge < -0.3 is 5.32 Å². The highest BCUT2D eigenvalue weighted by atomic mass is 19.1. The molecule has 37 heavy (non-hydrogen) atoms. The first-order chi connectivity index (χ1) is 17.9. The van der Waals surface area contributed by atoms with Crippen LogP contribution in [0, 0.1) is 11.9 Å². The zero-order chi connectivity index (χ0) is 25.5. The first-order valence-corrected chi connectivity index (χ1v) is 11.2. The molecule has 0 atom stereocenters. The van der Waals surface area contributed by atoms with Crippen LogP contribution in [0.2, 0.25) is 0 Å². The fraction of sp³-hybridized carbons (Fsp3) is 0.0385. The third-order valence-electron chi connectivity index (χ3n) is 5.71. The van der Waals surface area contributed by atoms with Gasteiger partial charge in [0, 0.05) is 23.9 Å². The van der Waals surface area contributed by atoms with Crippen LogP contribution in [0.4, 0.5) is 19.0 Å². The number of hydrogen-bond donors (Lipinski definition) is 1. The van der Waals surface area contributed by atoms with Crippen LogP contribution in [0.25, 0.3) is 28.3 Å². The molecule has 0 aliphatic heterocycles. The van der Waals surface area contributed by atoms with Crippen LogP contribution < -0.4 is 5.32 Å². The van der Waals surface area contributed by atoms with E-state index in [0.717, 1.165) is 17.7 Å². The van der Waals surface area contributed by atoms with E-state index in [-0.39, 0.29) is 17.2 Å². The number of imidazole rings is 2. The number of nitrogens with one attached hydrogen (secondary N) is 1. The van der Waals surface area contributed by atoms with Crippen molar-refractivity contribution >= 4 is 28.6 Å². The van der Waals surface area contributed by atoms with E-state index in [2.05, 4.69) is 20.4 Å². The van der Waals surface area contributed by atoms with Gasteiger partial charge in [0.15, 0.2) is 11.5 Å². The topological polar surface area (TPSA) is 89.5 Å². The Labute approximate surface area is 207 Å². The van der Waals surface area contributed by atoms with Crippen LogP contribution in [-0.2, 0) is 0 Å². The van der Waals surface area contributed by atoms with Crippen molar-refractivity contribution in [3.8, 4) is 11.4 Å². The van der Waals surface area contributed by atoms with Gasteiger partial charge in [-0.15, -0.1) is 0 Å². The number of halogens is 3. The van der Waals surface area contributed by atoms with E-state index >= 15 is 0 Å². The standard InChI is InChI=1S/C26H16F3N7O/c27-17-5-3-4-15(7-8-17)24-25(35-11-2-1-6-22(35)33-24)18-9-10-23-31-21(14-36(23)34-18)32-26(37)16-12-19(28)30-20(29)13-16/h1-2,4-14H,3H2,(H,32,37). The monoisotopic (exact) mass is 499 g/mol. The van der Waals surface area contributed by atoms with Crippen LogP contribution in [-0.4, -0.2) is 34.9 Å². The van der Waals surface area contributed by atoms with Gasteiger partial charge in [0.2, 0.25) is 11.9 Å². The molecule has 182 valence electrons. The molecule has 0 aromatic carbocycles. The third kappa shape index (κ3) is 4.27. The Morgan fingerprint density at radius 3 is 2.59 bits per heavy atom. The lowest BCUT2D eigenvalue weighted by atomic mass is 10.1. The van der Waals surface area contributed by atoms with E-state index in [9.17, 15) is 18.0 Å². The average molecular weight is 499 g/mol. The molecule has 5 heterocycles. The zero-order valence-electron chi connectivity index (χ0n) is 18.9. The third-order valence-corrected chi connectivity index (χ3v) is 5.71. The lowest BCUT2D eigenvalue weighted by Crippen LogP contribution is -2.13. The number of anilines is 1. The Morgan fingerprint density at radius 1 is 0.919 bits per heavy atom. The summed E-state index contributed by atoms with van der Waals surface area (Å²) in [7, 11) is 0. The number of carbonyl (C=O) groups is 1. The van der Waals surface area contributed by atoms with E-state index in [1.54, 1.807) is 18.2 Å². The number of pyridine rings is 2. The lowest BCUT2D eigenvalue weighted by Gasteiger charge is -2.06. The van der Waals surface area contributed by atoms with E-state index in [1.807, 2.05) is 34.9 Å². The maximum atomic E-state index is 13.8. The van der Waals surface area contributed by atoms with Crippen LogP contribution in [0.5, 0.6) is 0 Å². The fourth-order valence-corrected chi connectivity index (χ4v) is 4.07. The first kappa shape index (κ1) is 22.4. The molecule has 5 aromatic heterocycles. The minimum Gasteiger partial charge on any atom is -0.305 e. The second-order valence-electron chi connectivity index (χ2n) is 8.16. The number of rotatable bonds is 4. The van der Waals surface area contributed by atoms with Crippen molar-refractivity contribution in [2.24, 2.45) is 0 Å². The maximum Gasteiger partial charge on any atom is 0.257 e. The van der Waals surface area contributed by atoms with Gasteiger partial charge in [-0.2, -0.15) is 18.9 Å². The number of amides is 1.